The van der Waals surface area contributed by atoms with Gasteiger partial charge in [-0.25, -0.2) is 5.26 Å². The highest BCUT2D eigenvalue weighted by Gasteiger charge is 2.28. The number of hydrogen-bond donors (Lipinski definition) is 1. The molecule has 0 aromatic carbocycles. The fourth-order valence-electron chi connectivity index (χ4n) is 1.67. The van der Waals surface area contributed by atoms with Gasteiger partial charge in [-0.05, 0) is 12.8 Å². The highest BCUT2D eigenvalue weighted by atomic mass is 32.2. The van der Waals surface area contributed by atoms with Crippen molar-refractivity contribution in [3.63, 3.8) is 0 Å². The summed E-state index contributed by atoms with van der Waals surface area (Å²) in [6.45, 7) is 0.179. The molecule has 0 spiro atoms. The Morgan fingerprint density at radius 3 is 2.69 bits per heavy atom. The molecule has 0 aromatic heterocycles. The van der Waals surface area contributed by atoms with Crippen molar-refractivity contribution in [3.8, 4) is 5.97 Å². The summed E-state index contributed by atoms with van der Waals surface area (Å²) in [5, 5.41) is 8.66. The molecule has 3 nitrogen and oxygen atoms in total. The Balaban J connectivity index is 2.33. The van der Waals surface area contributed by atoms with Crippen molar-refractivity contribution in [3.05, 3.63) is 0 Å². The van der Waals surface area contributed by atoms with E-state index in [0.29, 0.717) is 0 Å². The smallest absolute Gasteiger partial charge is 0.267 e. The first-order chi connectivity index (χ1) is 6.27. The van der Waals surface area contributed by atoms with Crippen molar-refractivity contribution in [2.45, 2.75) is 25.5 Å². The molecular formula is C8H13BN2OS. The third kappa shape index (κ3) is 2.96. The van der Waals surface area contributed by atoms with Crippen molar-refractivity contribution in [2.75, 3.05) is 6.26 Å². The van der Waals surface area contributed by atoms with Crippen LogP contribution in [0.1, 0.15) is 12.8 Å². The number of rotatable bonds is 2. The zero-order valence-corrected chi connectivity index (χ0v) is 8.56. The van der Waals surface area contributed by atoms with Crippen LogP contribution in [0.3, 0.4) is 0 Å². The molecule has 1 rings (SSSR count). The van der Waals surface area contributed by atoms with E-state index in [2.05, 4.69) is 10.7 Å². The highest BCUT2D eigenvalue weighted by Crippen LogP contribution is 2.25. The summed E-state index contributed by atoms with van der Waals surface area (Å²) in [7, 11) is 0. The Morgan fingerprint density at radius 1 is 1.62 bits per heavy atom. The number of hydrogen-bond acceptors (Lipinski definition) is 3. The molecular weight excluding hydrogens is 183 g/mol. The van der Waals surface area contributed by atoms with Crippen molar-refractivity contribution in [2.24, 2.45) is 5.92 Å². The number of amides is 1. The molecule has 1 N–H and O–H groups in total. The lowest BCUT2D eigenvalue weighted by molar-refractivity contribution is -0.123. The van der Waals surface area contributed by atoms with Gasteiger partial charge in [0.2, 0.25) is 5.91 Å². The third-order valence-electron chi connectivity index (χ3n) is 2.48. The standard InChI is InChI=1S/C8H13BN2OS/c1-13-11-8(12)7-2-4-9(6-10)5-3-7/h7H,2-5H2,1H3,(H,11,12). The highest BCUT2D eigenvalue weighted by molar-refractivity contribution is 7.97. The van der Waals surface area contributed by atoms with Crippen LogP contribution >= 0.6 is 11.9 Å². The summed E-state index contributed by atoms with van der Waals surface area (Å²) >= 11 is 1.35. The first kappa shape index (κ1) is 10.5. The van der Waals surface area contributed by atoms with E-state index in [9.17, 15) is 4.79 Å². The SMILES string of the molecule is CSNC(=O)C1CCB(C#N)CC1. The van der Waals surface area contributed by atoms with Crippen LogP contribution in [-0.4, -0.2) is 18.9 Å². The van der Waals surface area contributed by atoms with Crippen LogP contribution in [0.2, 0.25) is 12.6 Å². The average Bonchev–Trinajstić information content (AvgIpc) is 2.18. The van der Waals surface area contributed by atoms with Crippen LogP contribution in [-0.2, 0) is 4.79 Å². The molecule has 0 bridgehead atoms. The molecule has 13 heavy (non-hydrogen) atoms. The first-order valence-electron chi connectivity index (χ1n) is 4.50. The predicted molar refractivity (Wildman–Crippen MR) is 55.4 cm³/mol. The van der Waals surface area contributed by atoms with Gasteiger partial charge in [0.25, 0.3) is 6.71 Å². The maximum atomic E-state index is 11.4. The van der Waals surface area contributed by atoms with Crippen LogP contribution in [0, 0.1) is 17.1 Å². The Morgan fingerprint density at radius 2 is 2.23 bits per heavy atom. The third-order valence-corrected chi connectivity index (χ3v) is 2.89. The van der Waals surface area contributed by atoms with E-state index in [4.69, 9.17) is 5.26 Å². The molecule has 1 heterocycles. The second kappa shape index (κ2) is 5.18. The molecule has 1 saturated heterocycles. The fraction of sp³-hybridized carbons (Fsp3) is 0.750. The summed E-state index contributed by atoms with van der Waals surface area (Å²) in [5.41, 5.74) is 0. The molecule has 1 aliphatic rings. The van der Waals surface area contributed by atoms with Gasteiger partial charge in [0.1, 0.15) is 0 Å². The lowest BCUT2D eigenvalue weighted by atomic mass is 9.42. The fourth-order valence-corrected chi connectivity index (χ4v) is 2.04. The van der Waals surface area contributed by atoms with Gasteiger partial charge in [0, 0.05) is 18.1 Å². The Labute approximate surface area is 83.5 Å². The Hall–Kier alpha value is -0.625. The quantitative estimate of drug-likeness (QED) is 0.535. The van der Waals surface area contributed by atoms with Crippen molar-refractivity contribution in [1.29, 1.82) is 5.26 Å². The average molecular weight is 196 g/mol. The van der Waals surface area contributed by atoms with Crippen LogP contribution in [0.4, 0.5) is 0 Å². The predicted octanol–water partition coefficient (Wildman–Crippen LogP) is 1.35. The van der Waals surface area contributed by atoms with Gasteiger partial charge in [0.05, 0.1) is 0 Å². The minimum atomic E-state index is 0.129. The Kier molecular flexibility index (Phi) is 4.17. The van der Waals surface area contributed by atoms with Gasteiger partial charge in [-0.2, -0.15) is 0 Å². The lowest BCUT2D eigenvalue weighted by Crippen LogP contribution is -2.31. The molecule has 0 unspecified atom stereocenters. The van der Waals surface area contributed by atoms with Crippen LogP contribution in [0.5, 0.6) is 0 Å². The summed E-state index contributed by atoms with van der Waals surface area (Å²) in [5.74, 6) is 2.52. The molecule has 1 fully saturated rings. The number of nitrogens with zero attached hydrogens (tertiary/aromatic N) is 1. The van der Waals surface area contributed by atoms with E-state index in [0.717, 1.165) is 25.5 Å². The van der Waals surface area contributed by atoms with E-state index >= 15 is 0 Å². The van der Waals surface area contributed by atoms with Gasteiger partial charge in [0.15, 0.2) is 0 Å². The van der Waals surface area contributed by atoms with Crippen LogP contribution in [0.15, 0.2) is 0 Å². The minimum Gasteiger partial charge on any atom is -0.300 e. The molecule has 70 valence electrons. The zero-order valence-electron chi connectivity index (χ0n) is 7.75. The molecule has 0 radical (unpaired) electrons. The van der Waals surface area contributed by atoms with E-state index in [1.54, 1.807) is 0 Å². The molecule has 0 atom stereocenters. The lowest BCUT2D eigenvalue weighted by Gasteiger charge is -2.21. The topological polar surface area (TPSA) is 52.9 Å². The number of nitrogens with one attached hydrogen (secondary N) is 1. The van der Waals surface area contributed by atoms with E-state index < -0.39 is 0 Å². The van der Waals surface area contributed by atoms with E-state index in [-0.39, 0.29) is 18.5 Å². The second-order valence-electron chi connectivity index (χ2n) is 3.35. The molecule has 5 heteroatoms. The van der Waals surface area contributed by atoms with Crippen molar-refractivity contribution < 1.29 is 4.79 Å². The molecule has 0 aromatic rings. The summed E-state index contributed by atoms with van der Waals surface area (Å²) in [6, 6.07) is 0. The normalized spacial score (nSPS) is 18.0. The maximum absolute atomic E-state index is 11.4. The van der Waals surface area contributed by atoms with Gasteiger partial charge in [-0.1, -0.05) is 24.6 Å². The molecule has 1 aliphatic heterocycles. The van der Waals surface area contributed by atoms with Gasteiger partial charge >= 0.3 is 0 Å². The molecule has 0 aliphatic carbocycles. The first-order valence-corrected chi connectivity index (χ1v) is 5.73. The Bertz CT molecular complexity index is 221. The van der Waals surface area contributed by atoms with Crippen LogP contribution in [0.25, 0.3) is 0 Å². The molecule has 0 saturated carbocycles. The number of nitriles is 1. The zero-order chi connectivity index (χ0) is 9.68. The number of carbonyl (C=O) groups excluding carboxylic acids is 1. The summed E-state index contributed by atoms with van der Waals surface area (Å²) < 4.78 is 2.74. The monoisotopic (exact) mass is 196 g/mol. The van der Waals surface area contributed by atoms with Crippen molar-refractivity contribution >= 4 is 24.6 Å². The van der Waals surface area contributed by atoms with Gasteiger partial charge in [-0.15, -0.1) is 0 Å². The second-order valence-corrected chi connectivity index (χ2v) is 3.96. The minimum absolute atomic E-state index is 0.129. The van der Waals surface area contributed by atoms with Gasteiger partial charge in [-0.3, -0.25) is 4.79 Å². The summed E-state index contributed by atoms with van der Waals surface area (Å²) in [4.78, 5) is 11.4. The van der Waals surface area contributed by atoms with Crippen molar-refractivity contribution in [1.82, 2.24) is 4.72 Å². The largest absolute Gasteiger partial charge is 0.300 e. The van der Waals surface area contributed by atoms with Gasteiger partial charge < -0.3 is 4.72 Å². The summed E-state index contributed by atoms with van der Waals surface area (Å²) in [6.07, 6.45) is 5.33. The van der Waals surface area contributed by atoms with Crippen LogP contribution < -0.4 is 4.72 Å². The number of carbonyl (C=O) groups is 1. The van der Waals surface area contributed by atoms with E-state index in [1.807, 2.05) is 6.26 Å². The maximum Gasteiger partial charge on any atom is 0.267 e. The van der Waals surface area contributed by atoms with E-state index in [1.165, 1.54) is 11.9 Å². The molecule has 1 amide bonds.